The van der Waals surface area contributed by atoms with E-state index in [1.54, 1.807) is 0 Å². The summed E-state index contributed by atoms with van der Waals surface area (Å²) in [7, 11) is 0. The summed E-state index contributed by atoms with van der Waals surface area (Å²) in [4.78, 5) is 87.8. The van der Waals surface area contributed by atoms with Gasteiger partial charge in [0.2, 0.25) is 0 Å². The number of nitrogens with zero attached hydrogens (tertiary/aromatic N) is 3. The van der Waals surface area contributed by atoms with Crippen LogP contribution in [-0.4, -0.2) is 143 Å². The minimum atomic E-state index is -1.81. The highest BCUT2D eigenvalue weighted by Gasteiger charge is 2.57. The number of esters is 7. The molecule has 22 heteroatoms. The van der Waals surface area contributed by atoms with Crippen LogP contribution in [0.3, 0.4) is 0 Å². The normalized spacial score (nSPS) is 28.2. The lowest BCUT2D eigenvalue weighted by Gasteiger charge is -2.48. The molecule has 0 amide bonds. The first-order valence-corrected chi connectivity index (χ1v) is 15.8. The van der Waals surface area contributed by atoms with E-state index in [0.717, 1.165) is 48.5 Å². The van der Waals surface area contributed by atoms with Gasteiger partial charge in [0.05, 0.1) is 19.8 Å². The van der Waals surface area contributed by atoms with Crippen molar-refractivity contribution in [3.63, 3.8) is 0 Å². The summed E-state index contributed by atoms with van der Waals surface area (Å²) in [5.41, 5.74) is 8.41. The summed E-state index contributed by atoms with van der Waals surface area (Å²) in [6.07, 6.45) is -15.8. The maximum absolute atomic E-state index is 12.5. The molecule has 2 fully saturated rings. The van der Waals surface area contributed by atoms with Gasteiger partial charge >= 0.3 is 41.8 Å². The zero-order valence-corrected chi connectivity index (χ0v) is 29.6. The Balaban J connectivity index is 2.64. The van der Waals surface area contributed by atoms with Crippen LogP contribution in [0.4, 0.5) is 0 Å². The fourth-order valence-electron chi connectivity index (χ4n) is 5.08. The fourth-order valence-corrected chi connectivity index (χ4v) is 5.08. The van der Waals surface area contributed by atoms with Crippen LogP contribution in [-0.2, 0) is 90.4 Å². The molecule has 22 nitrogen and oxygen atoms in total. The second-order valence-corrected chi connectivity index (χ2v) is 11.1. The molecule has 0 aliphatic carbocycles. The zero-order valence-electron chi connectivity index (χ0n) is 29.6. The van der Waals surface area contributed by atoms with Crippen LogP contribution < -0.4 is 0 Å². The van der Waals surface area contributed by atoms with Crippen LogP contribution >= 0.6 is 0 Å². The van der Waals surface area contributed by atoms with Crippen LogP contribution in [0, 0.1) is 0 Å². The van der Waals surface area contributed by atoms with E-state index in [1.807, 2.05) is 0 Å². The quantitative estimate of drug-likeness (QED) is 0.0443. The molecular formula is C30H43N3O19. The monoisotopic (exact) mass is 749 g/mol. The van der Waals surface area contributed by atoms with E-state index in [4.69, 9.17) is 62.4 Å². The van der Waals surface area contributed by atoms with Gasteiger partial charge in [-0.1, -0.05) is 5.11 Å². The molecule has 0 N–H and O–H groups in total. The van der Waals surface area contributed by atoms with E-state index in [-0.39, 0.29) is 26.4 Å². The first-order chi connectivity index (χ1) is 24.5. The predicted octanol–water partition coefficient (Wildman–Crippen LogP) is -0.0504. The average Bonchev–Trinajstić information content (AvgIpc) is 3.02. The summed E-state index contributed by atoms with van der Waals surface area (Å²) < 4.78 is 67.1. The second-order valence-electron chi connectivity index (χ2n) is 11.1. The number of ether oxygens (including phenoxy) is 12. The van der Waals surface area contributed by atoms with Gasteiger partial charge in [-0.05, 0) is 5.53 Å². The maximum atomic E-state index is 12.5. The maximum Gasteiger partial charge on any atom is 0.303 e. The van der Waals surface area contributed by atoms with Crippen molar-refractivity contribution in [2.45, 2.75) is 110 Å². The molecule has 2 aliphatic rings. The SMILES string of the molecule is CC(=O)OC[C@H]1O[C@@H](O[C@H]2[C@H](OC(C)=O)[C@@H](OC(C)=O)[C@H](OCCOCCN=[N+]=[N-])O[C@@H]2COC(C)=O)[C@H](OC(C)=O)[C@@H](OC(C)=O)[C@H]1OC(C)=O. The summed E-state index contributed by atoms with van der Waals surface area (Å²) in [5, 5.41) is 3.34. The van der Waals surface area contributed by atoms with Gasteiger partial charge in [-0.15, -0.1) is 0 Å². The van der Waals surface area contributed by atoms with E-state index < -0.39 is 116 Å². The zero-order chi connectivity index (χ0) is 39.0. The Bertz CT molecular complexity index is 1320. The van der Waals surface area contributed by atoms with Gasteiger partial charge in [0, 0.05) is 59.9 Å². The van der Waals surface area contributed by atoms with E-state index in [0.29, 0.717) is 0 Å². The summed E-state index contributed by atoms with van der Waals surface area (Å²) >= 11 is 0. The molecule has 2 heterocycles. The lowest BCUT2D eigenvalue weighted by atomic mass is 9.96. The number of carbonyl (C=O) groups is 7. The molecule has 0 aromatic heterocycles. The Kier molecular flexibility index (Phi) is 18.2. The smallest absolute Gasteiger partial charge is 0.303 e. The Morgan fingerprint density at radius 2 is 0.962 bits per heavy atom. The highest BCUT2D eigenvalue weighted by molar-refractivity contribution is 5.69. The van der Waals surface area contributed by atoms with Gasteiger partial charge in [0.15, 0.2) is 43.1 Å². The van der Waals surface area contributed by atoms with Crippen LogP contribution in [0.1, 0.15) is 48.5 Å². The van der Waals surface area contributed by atoms with Crippen molar-refractivity contribution < 1.29 is 90.4 Å². The molecule has 0 aromatic carbocycles. The Morgan fingerprint density at radius 3 is 1.44 bits per heavy atom. The lowest BCUT2D eigenvalue weighted by Crippen LogP contribution is -2.67. The minimum Gasteiger partial charge on any atom is -0.463 e. The molecule has 0 aromatic rings. The molecule has 0 spiro atoms. The van der Waals surface area contributed by atoms with E-state index in [2.05, 4.69) is 10.0 Å². The Labute approximate surface area is 297 Å². The number of hydrogen-bond acceptors (Lipinski definition) is 20. The van der Waals surface area contributed by atoms with E-state index in [9.17, 15) is 33.6 Å². The van der Waals surface area contributed by atoms with Crippen LogP contribution in [0.2, 0.25) is 0 Å². The predicted molar refractivity (Wildman–Crippen MR) is 164 cm³/mol. The average molecular weight is 750 g/mol. The molecule has 2 saturated heterocycles. The Hall–Kier alpha value is -4.60. The van der Waals surface area contributed by atoms with Crippen molar-refractivity contribution >= 4 is 41.8 Å². The molecule has 0 radical (unpaired) electrons. The summed E-state index contributed by atoms with van der Waals surface area (Å²) in [6, 6.07) is 0. The van der Waals surface area contributed by atoms with Crippen molar-refractivity contribution in [2.75, 3.05) is 39.6 Å². The molecule has 0 unspecified atom stereocenters. The largest absolute Gasteiger partial charge is 0.463 e. The molecule has 10 atom stereocenters. The molecular weight excluding hydrogens is 706 g/mol. The van der Waals surface area contributed by atoms with Crippen LogP contribution in [0.15, 0.2) is 5.11 Å². The van der Waals surface area contributed by atoms with Gasteiger partial charge in [-0.3, -0.25) is 33.6 Å². The standard InChI is InChI=1S/C30H43N3O19/c1-14(34)43-12-21-23(45-16(3)36)25(46-17(4)37)28(49-20(7)40)30(51-21)52-24-22(13-44-15(2)35)50-29(42-11-10-41-9-8-32-33-31)27(48-19(6)39)26(24)47-18(5)38/h21-30H,8-13H2,1-7H3/t21-,22-,23+,24-,25+,26+,27-,28-,29-,30+/m1/s1. The highest BCUT2D eigenvalue weighted by atomic mass is 16.8. The van der Waals surface area contributed by atoms with Gasteiger partial charge in [0.1, 0.15) is 31.5 Å². The molecule has 0 saturated carbocycles. The van der Waals surface area contributed by atoms with Crippen molar-refractivity contribution in [3.8, 4) is 0 Å². The third kappa shape index (κ3) is 14.6. The number of carbonyl (C=O) groups excluding carboxylic acids is 7. The van der Waals surface area contributed by atoms with E-state index >= 15 is 0 Å². The van der Waals surface area contributed by atoms with Crippen molar-refractivity contribution in [3.05, 3.63) is 10.4 Å². The fraction of sp³-hybridized carbons (Fsp3) is 0.767. The molecule has 2 rings (SSSR count). The van der Waals surface area contributed by atoms with E-state index in [1.165, 1.54) is 0 Å². The van der Waals surface area contributed by atoms with Crippen LogP contribution in [0.25, 0.3) is 10.4 Å². The summed E-state index contributed by atoms with van der Waals surface area (Å²) in [5.74, 6) is -5.99. The van der Waals surface area contributed by atoms with Gasteiger partial charge in [-0.25, -0.2) is 0 Å². The summed E-state index contributed by atoms with van der Waals surface area (Å²) in [6.45, 7) is 6.09. The minimum absolute atomic E-state index is 0.0454. The molecule has 0 bridgehead atoms. The molecule has 52 heavy (non-hydrogen) atoms. The third-order valence-electron chi connectivity index (χ3n) is 6.79. The van der Waals surface area contributed by atoms with Crippen molar-refractivity contribution in [1.29, 1.82) is 0 Å². The number of azide groups is 1. The number of rotatable bonds is 18. The van der Waals surface area contributed by atoms with Crippen molar-refractivity contribution in [1.82, 2.24) is 0 Å². The van der Waals surface area contributed by atoms with Crippen molar-refractivity contribution in [2.24, 2.45) is 5.11 Å². The number of hydrogen-bond donors (Lipinski definition) is 0. The van der Waals surface area contributed by atoms with Gasteiger partial charge in [-0.2, -0.15) is 0 Å². The third-order valence-corrected chi connectivity index (χ3v) is 6.79. The van der Waals surface area contributed by atoms with Crippen LogP contribution in [0.5, 0.6) is 0 Å². The first kappa shape index (κ1) is 43.6. The topological polar surface area (TPSA) is 279 Å². The molecule has 2 aliphatic heterocycles. The second kappa shape index (κ2) is 21.7. The Morgan fingerprint density at radius 1 is 0.538 bits per heavy atom. The van der Waals surface area contributed by atoms with Gasteiger partial charge < -0.3 is 56.8 Å². The van der Waals surface area contributed by atoms with Gasteiger partial charge in [0.25, 0.3) is 0 Å². The highest BCUT2D eigenvalue weighted by Crippen LogP contribution is 2.35. The molecule has 292 valence electrons. The lowest BCUT2D eigenvalue weighted by molar-refractivity contribution is -0.361. The first-order valence-electron chi connectivity index (χ1n) is 15.8.